The SMILES string of the molecule is CC(C)(C)C1CCC2(CC1)NNC(=S)NN2. The molecule has 0 aromatic rings. The van der Waals surface area contributed by atoms with Crippen molar-refractivity contribution in [3.63, 3.8) is 0 Å². The average Bonchev–Trinajstić information content (AvgIpc) is 2.22. The summed E-state index contributed by atoms with van der Waals surface area (Å²) in [6.07, 6.45) is 4.74. The van der Waals surface area contributed by atoms with Crippen molar-refractivity contribution in [3.05, 3.63) is 0 Å². The lowest BCUT2D eigenvalue weighted by Gasteiger charge is -2.47. The Labute approximate surface area is 103 Å². The van der Waals surface area contributed by atoms with E-state index in [-0.39, 0.29) is 5.66 Å². The Morgan fingerprint density at radius 2 is 1.62 bits per heavy atom. The molecule has 0 aromatic heterocycles. The molecule has 0 bridgehead atoms. The minimum absolute atomic E-state index is 0.0237. The fourth-order valence-electron chi connectivity index (χ4n) is 2.64. The summed E-state index contributed by atoms with van der Waals surface area (Å²) in [7, 11) is 0. The Bertz CT molecular complexity index is 264. The lowest BCUT2D eigenvalue weighted by atomic mass is 9.70. The molecule has 1 saturated carbocycles. The molecule has 4 N–H and O–H groups in total. The Hall–Kier alpha value is -0.390. The van der Waals surface area contributed by atoms with Crippen LogP contribution in [0.15, 0.2) is 0 Å². The van der Waals surface area contributed by atoms with E-state index >= 15 is 0 Å². The Morgan fingerprint density at radius 3 is 2.06 bits per heavy atom. The summed E-state index contributed by atoms with van der Waals surface area (Å²) >= 11 is 4.99. The summed E-state index contributed by atoms with van der Waals surface area (Å²) in [4.78, 5) is 0. The van der Waals surface area contributed by atoms with Crippen molar-refractivity contribution in [2.45, 2.75) is 52.1 Å². The van der Waals surface area contributed by atoms with Crippen molar-refractivity contribution in [2.75, 3.05) is 0 Å². The van der Waals surface area contributed by atoms with Gasteiger partial charge in [-0.05, 0) is 49.2 Å². The van der Waals surface area contributed by atoms with Gasteiger partial charge < -0.3 is 0 Å². The molecular weight excluding hydrogens is 220 g/mol. The molecule has 2 rings (SSSR count). The van der Waals surface area contributed by atoms with Gasteiger partial charge in [0.1, 0.15) is 5.66 Å². The first kappa shape index (κ1) is 12.1. The third-order valence-electron chi connectivity index (χ3n) is 3.89. The van der Waals surface area contributed by atoms with Crippen LogP contribution in [0.4, 0.5) is 0 Å². The minimum Gasteiger partial charge on any atom is -0.295 e. The first-order valence-corrected chi connectivity index (χ1v) is 6.42. The molecule has 92 valence electrons. The monoisotopic (exact) mass is 242 g/mol. The molecule has 1 heterocycles. The topological polar surface area (TPSA) is 48.1 Å². The third kappa shape index (κ3) is 2.47. The molecule has 0 aromatic carbocycles. The van der Waals surface area contributed by atoms with Crippen molar-refractivity contribution in [1.29, 1.82) is 0 Å². The van der Waals surface area contributed by atoms with Gasteiger partial charge in [-0.3, -0.25) is 10.9 Å². The molecule has 0 unspecified atom stereocenters. The number of hydrogen-bond acceptors (Lipinski definition) is 3. The highest BCUT2D eigenvalue weighted by atomic mass is 32.1. The van der Waals surface area contributed by atoms with Gasteiger partial charge in [-0.1, -0.05) is 20.8 Å². The zero-order chi connectivity index (χ0) is 11.8. The van der Waals surface area contributed by atoms with Gasteiger partial charge >= 0.3 is 0 Å². The molecule has 2 fully saturated rings. The molecule has 1 saturated heterocycles. The Kier molecular flexibility index (Phi) is 3.11. The van der Waals surface area contributed by atoms with E-state index in [0.717, 1.165) is 18.8 Å². The first-order valence-electron chi connectivity index (χ1n) is 6.02. The van der Waals surface area contributed by atoms with Gasteiger partial charge in [-0.2, -0.15) is 0 Å². The maximum Gasteiger partial charge on any atom is 0.195 e. The highest BCUT2D eigenvalue weighted by molar-refractivity contribution is 7.80. The number of rotatable bonds is 0. The lowest BCUT2D eigenvalue weighted by Crippen LogP contribution is -2.74. The van der Waals surface area contributed by atoms with Crippen LogP contribution in [0.5, 0.6) is 0 Å². The maximum absolute atomic E-state index is 4.99. The van der Waals surface area contributed by atoms with Crippen LogP contribution in [0.3, 0.4) is 0 Å². The zero-order valence-electron chi connectivity index (χ0n) is 10.3. The van der Waals surface area contributed by atoms with E-state index in [2.05, 4.69) is 42.5 Å². The first-order chi connectivity index (χ1) is 7.41. The van der Waals surface area contributed by atoms with Gasteiger partial charge in [0.05, 0.1) is 0 Å². The molecule has 2 aliphatic rings. The third-order valence-corrected chi connectivity index (χ3v) is 4.10. The molecular formula is C11H22N4S. The summed E-state index contributed by atoms with van der Waals surface area (Å²) in [6.45, 7) is 7.01. The van der Waals surface area contributed by atoms with E-state index in [4.69, 9.17) is 12.2 Å². The standard InChI is InChI=1S/C11H22N4S/c1-10(2,3)8-4-6-11(7-5-8)14-12-9(16)13-15-11/h8,14-15H,4-7H2,1-3H3,(H2,12,13,16). The normalized spacial score (nSPS) is 26.3. The predicted octanol–water partition coefficient (Wildman–Crippen LogP) is 1.41. The van der Waals surface area contributed by atoms with E-state index in [1.54, 1.807) is 0 Å². The second-order valence-corrected chi connectivity index (χ2v) is 6.46. The maximum atomic E-state index is 4.99. The van der Waals surface area contributed by atoms with Gasteiger partial charge in [0.2, 0.25) is 0 Å². The molecule has 1 aliphatic carbocycles. The van der Waals surface area contributed by atoms with E-state index in [0.29, 0.717) is 10.5 Å². The summed E-state index contributed by atoms with van der Waals surface area (Å²) in [5.74, 6) is 0.815. The van der Waals surface area contributed by atoms with Crippen LogP contribution in [0.2, 0.25) is 0 Å². The largest absolute Gasteiger partial charge is 0.295 e. The molecule has 4 nitrogen and oxygen atoms in total. The van der Waals surface area contributed by atoms with Crippen LogP contribution < -0.4 is 21.7 Å². The summed E-state index contributed by atoms with van der Waals surface area (Å²) in [6, 6.07) is 0. The molecule has 0 radical (unpaired) electrons. The Morgan fingerprint density at radius 1 is 1.12 bits per heavy atom. The van der Waals surface area contributed by atoms with Crippen LogP contribution >= 0.6 is 12.2 Å². The average molecular weight is 242 g/mol. The lowest BCUT2D eigenvalue weighted by molar-refractivity contribution is 0.0736. The molecule has 0 atom stereocenters. The summed E-state index contributed by atoms with van der Waals surface area (Å²) in [5.41, 5.74) is 13.0. The van der Waals surface area contributed by atoms with E-state index in [1.807, 2.05) is 0 Å². The summed E-state index contributed by atoms with van der Waals surface area (Å²) < 4.78 is 0. The van der Waals surface area contributed by atoms with E-state index < -0.39 is 0 Å². The van der Waals surface area contributed by atoms with Crippen LogP contribution in [0.25, 0.3) is 0 Å². The second kappa shape index (κ2) is 4.13. The fourth-order valence-corrected chi connectivity index (χ4v) is 2.74. The van der Waals surface area contributed by atoms with Crippen LogP contribution in [0, 0.1) is 11.3 Å². The quantitative estimate of drug-likeness (QED) is 0.484. The Balaban J connectivity index is 1.92. The van der Waals surface area contributed by atoms with E-state index in [9.17, 15) is 0 Å². The van der Waals surface area contributed by atoms with Gasteiger partial charge in [0.15, 0.2) is 5.11 Å². The number of hydrogen-bond donors (Lipinski definition) is 4. The van der Waals surface area contributed by atoms with Crippen LogP contribution in [0.1, 0.15) is 46.5 Å². The van der Waals surface area contributed by atoms with E-state index in [1.165, 1.54) is 12.8 Å². The number of nitrogens with one attached hydrogen (secondary N) is 4. The van der Waals surface area contributed by atoms with Gasteiger partial charge in [0, 0.05) is 0 Å². The number of hydrazine groups is 2. The van der Waals surface area contributed by atoms with Crippen molar-refractivity contribution < 1.29 is 0 Å². The van der Waals surface area contributed by atoms with Crippen molar-refractivity contribution >= 4 is 17.3 Å². The highest BCUT2D eigenvalue weighted by Gasteiger charge is 2.40. The molecule has 1 spiro atoms. The van der Waals surface area contributed by atoms with Crippen molar-refractivity contribution in [1.82, 2.24) is 21.7 Å². The van der Waals surface area contributed by atoms with Crippen LogP contribution in [-0.2, 0) is 0 Å². The van der Waals surface area contributed by atoms with Gasteiger partial charge in [-0.25, -0.2) is 10.9 Å². The van der Waals surface area contributed by atoms with Gasteiger partial charge in [0.25, 0.3) is 0 Å². The molecule has 5 heteroatoms. The fraction of sp³-hybridized carbons (Fsp3) is 0.909. The molecule has 1 aliphatic heterocycles. The van der Waals surface area contributed by atoms with Crippen molar-refractivity contribution in [3.8, 4) is 0 Å². The highest BCUT2D eigenvalue weighted by Crippen LogP contribution is 2.40. The van der Waals surface area contributed by atoms with Crippen LogP contribution in [-0.4, -0.2) is 10.8 Å². The molecule has 16 heavy (non-hydrogen) atoms. The van der Waals surface area contributed by atoms with Crippen molar-refractivity contribution in [2.24, 2.45) is 11.3 Å². The predicted molar refractivity (Wildman–Crippen MR) is 69.3 cm³/mol. The van der Waals surface area contributed by atoms with Gasteiger partial charge in [-0.15, -0.1) is 0 Å². The second-order valence-electron chi connectivity index (χ2n) is 6.05. The zero-order valence-corrected chi connectivity index (χ0v) is 11.1. The minimum atomic E-state index is -0.0237. The number of thiocarbonyl (C=S) groups is 1. The smallest absolute Gasteiger partial charge is 0.195 e. The summed E-state index contributed by atoms with van der Waals surface area (Å²) in [5, 5.41) is 0.614. The molecule has 0 amide bonds.